The number of hydrogen-bond acceptors (Lipinski definition) is 5. The van der Waals surface area contributed by atoms with Crippen LogP contribution in [0.2, 0.25) is 0 Å². The number of thiazole rings is 1. The number of rotatable bonds is 7. The maximum Gasteiger partial charge on any atom is 0.257 e. The van der Waals surface area contributed by atoms with Crippen LogP contribution < -0.4 is 10.6 Å². The van der Waals surface area contributed by atoms with Gasteiger partial charge < -0.3 is 10.1 Å². The van der Waals surface area contributed by atoms with Crippen LogP contribution in [0.1, 0.15) is 30.1 Å². The van der Waals surface area contributed by atoms with Gasteiger partial charge in [0, 0.05) is 22.8 Å². The molecule has 1 aliphatic carbocycles. The van der Waals surface area contributed by atoms with Crippen molar-refractivity contribution in [3.8, 4) is 0 Å². The number of carbonyl (C=O) groups excluding carboxylic acids is 2. The van der Waals surface area contributed by atoms with Crippen molar-refractivity contribution < 1.29 is 14.3 Å². The van der Waals surface area contributed by atoms with Crippen LogP contribution in [-0.2, 0) is 9.53 Å². The number of anilines is 2. The number of nitrogens with zero attached hydrogens (tertiary/aromatic N) is 1. The van der Waals surface area contributed by atoms with E-state index >= 15 is 0 Å². The Kier molecular flexibility index (Phi) is 5.22. The second-order valence-corrected chi connectivity index (χ2v) is 6.67. The summed E-state index contributed by atoms with van der Waals surface area (Å²) in [6.45, 7) is 2.39. The van der Waals surface area contributed by atoms with Gasteiger partial charge in [0.2, 0.25) is 0 Å². The Bertz CT molecular complexity index is 696. The third-order valence-corrected chi connectivity index (χ3v) is 4.40. The number of hydrogen-bond donors (Lipinski definition) is 2. The molecule has 0 bridgehead atoms. The van der Waals surface area contributed by atoms with E-state index in [1.54, 1.807) is 42.8 Å². The quantitative estimate of drug-likeness (QED) is 0.808. The molecule has 24 heavy (non-hydrogen) atoms. The average molecular weight is 345 g/mol. The molecule has 1 unspecified atom stereocenters. The molecule has 1 aromatic heterocycles. The molecule has 1 aromatic carbocycles. The van der Waals surface area contributed by atoms with E-state index in [-0.39, 0.29) is 11.8 Å². The molecule has 1 aliphatic rings. The van der Waals surface area contributed by atoms with Gasteiger partial charge in [-0.05, 0) is 49.9 Å². The smallest absolute Gasteiger partial charge is 0.257 e. The lowest BCUT2D eigenvalue weighted by atomic mass is 10.2. The molecular weight excluding hydrogens is 326 g/mol. The summed E-state index contributed by atoms with van der Waals surface area (Å²) >= 11 is 1.36. The molecule has 0 spiro atoms. The van der Waals surface area contributed by atoms with Gasteiger partial charge in [-0.1, -0.05) is 0 Å². The maximum absolute atomic E-state index is 12.1. The van der Waals surface area contributed by atoms with E-state index in [1.807, 2.05) is 0 Å². The van der Waals surface area contributed by atoms with Crippen molar-refractivity contribution in [2.45, 2.75) is 25.9 Å². The predicted octanol–water partition coefficient (Wildman–Crippen LogP) is 3.15. The van der Waals surface area contributed by atoms with Crippen molar-refractivity contribution >= 4 is 34.0 Å². The van der Waals surface area contributed by atoms with Crippen LogP contribution in [0.25, 0.3) is 0 Å². The zero-order chi connectivity index (χ0) is 16.9. The fraction of sp³-hybridized carbons (Fsp3) is 0.353. The zero-order valence-electron chi connectivity index (χ0n) is 13.3. The lowest BCUT2D eigenvalue weighted by Crippen LogP contribution is -2.28. The average Bonchev–Trinajstić information content (AvgIpc) is 3.28. The molecule has 6 nitrogen and oxygen atoms in total. The van der Waals surface area contributed by atoms with Crippen molar-refractivity contribution in [1.82, 2.24) is 4.98 Å². The van der Waals surface area contributed by atoms with E-state index in [0.717, 1.165) is 0 Å². The molecule has 2 amide bonds. The van der Waals surface area contributed by atoms with Gasteiger partial charge in [0.05, 0.1) is 6.61 Å². The van der Waals surface area contributed by atoms with Crippen LogP contribution in [0.15, 0.2) is 35.8 Å². The highest BCUT2D eigenvalue weighted by molar-refractivity contribution is 7.13. The third-order valence-electron chi connectivity index (χ3n) is 3.72. The van der Waals surface area contributed by atoms with Gasteiger partial charge in [0.15, 0.2) is 5.13 Å². The molecule has 7 heteroatoms. The number of nitrogens with one attached hydrogen (secondary N) is 2. The summed E-state index contributed by atoms with van der Waals surface area (Å²) in [5.41, 5.74) is 1.13. The minimum atomic E-state index is -0.488. The molecule has 2 N–H and O–H groups in total. The zero-order valence-corrected chi connectivity index (χ0v) is 14.1. The summed E-state index contributed by atoms with van der Waals surface area (Å²) in [7, 11) is 0. The minimum Gasteiger partial charge on any atom is -0.368 e. The molecule has 0 saturated heterocycles. The van der Waals surface area contributed by atoms with Gasteiger partial charge in [-0.2, -0.15) is 0 Å². The number of amides is 2. The molecule has 1 heterocycles. The maximum atomic E-state index is 12.1. The Morgan fingerprint density at radius 3 is 2.67 bits per heavy atom. The molecule has 1 fully saturated rings. The van der Waals surface area contributed by atoms with Crippen LogP contribution in [0.4, 0.5) is 10.8 Å². The second-order valence-electron chi connectivity index (χ2n) is 5.78. The number of ether oxygens (including phenoxy) is 1. The number of carbonyl (C=O) groups is 2. The molecule has 0 aliphatic heterocycles. The van der Waals surface area contributed by atoms with Gasteiger partial charge >= 0.3 is 0 Å². The van der Waals surface area contributed by atoms with E-state index < -0.39 is 6.10 Å². The Morgan fingerprint density at radius 2 is 2.04 bits per heavy atom. The van der Waals surface area contributed by atoms with Gasteiger partial charge in [-0.3, -0.25) is 14.9 Å². The Labute approximate surface area is 144 Å². The standard InChI is InChI=1S/C17H19N3O3S/c1-11(23-10-12-2-3-12)15(21)19-14-6-4-13(5-7-14)16(22)20-17-18-8-9-24-17/h4-9,11-12H,2-3,10H2,1H3,(H,19,21)(H,18,20,22). The summed E-state index contributed by atoms with van der Waals surface area (Å²) in [6, 6.07) is 6.72. The molecule has 3 rings (SSSR count). The van der Waals surface area contributed by atoms with Crippen molar-refractivity contribution in [2.75, 3.05) is 17.2 Å². The topological polar surface area (TPSA) is 80.3 Å². The van der Waals surface area contributed by atoms with E-state index in [4.69, 9.17) is 4.74 Å². The second kappa shape index (κ2) is 7.55. The van der Waals surface area contributed by atoms with Crippen LogP contribution in [0, 0.1) is 5.92 Å². The molecule has 1 saturated carbocycles. The van der Waals surface area contributed by atoms with Crippen LogP contribution in [0.5, 0.6) is 0 Å². The monoisotopic (exact) mass is 345 g/mol. The molecule has 1 atom stereocenters. The van der Waals surface area contributed by atoms with Gasteiger partial charge in [-0.25, -0.2) is 4.98 Å². The van der Waals surface area contributed by atoms with Crippen LogP contribution in [0.3, 0.4) is 0 Å². The highest BCUT2D eigenvalue weighted by Crippen LogP contribution is 2.29. The van der Waals surface area contributed by atoms with Gasteiger partial charge in [-0.15, -0.1) is 11.3 Å². The molecule has 2 aromatic rings. The summed E-state index contributed by atoms with van der Waals surface area (Å²) in [4.78, 5) is 28.1. The first kappa shape index (κ1) is 16.6. The van der Waals surface area contributed by atoms with E-state index in [2.05, 4.69) is 15.6 Å². The number of aromatic nitrogens is 1. The van der Waals surface area contributed by atoms with Crippen molar-refractivity contribution in [3.05, 3.63) is 41.4 Å². The normalized spacial score (nSPS) is 14.9. The largest absolute Gasteiger partial charge is 0.368 e. The lowest BCUT2D eigenvalue weighted by Gasteiger charge is -2.13. The fourth-order valence-corrected chi connectivity index (χ4v) is 2.57. The first-order valence-electron chi connectivity index (χ1n) is 7.85. The summed E-state index contributed by atoms with van der Waals surface area (Å²) in [5.74, 6) is 0.204. The Balaban J connectivity index is 1.51. The SMILES string of the molecule is CC(OCC1CC1)C(=O)Nc1ccc(C(=O)Nc2nccs2)cc1. The number of benzene rings is 1. The van der Waals surface area contributed by atoms with E-state index in [0.29, 0.717) is 28.9 Å². The van der Waals surface area contributed by atoms with Gasteiger partial charge in [0.1, 0.15) is 6.10 Å². The first-order chi connectivity index (χ1) is 11.6. The summed E-state index contributed by atoms with van der Waals surface area (Å²) < 4.78 is 5.54. The molecule has 0 radical (unpaired) electrons. The highest BCUT2D eigenvalue weighted by Gasteiger charge is 2.24. The predicted molar refractivity (Wildman–Crippen MR) is 93.3 cm³/mol. The Morgan fingerprint density at radius 1 is 1.29 bits per heavy atom. The first-order valence-corrected chi connectivity index (χ1v) is 8.73. The van der Waals surface area contributed by atoms with E-state index in [1.165, 1.54) is 24.2 Å². The minimum absolute atomic E-state index is 0.185. The van der Waals surface area contributed by atoms with Crippen molar-refractivity contribution in [2.24, 2.45) is 5.92 Å². The molecular formula is C17H19N3O3S. The Hall–Kier alpha value is -2.25. The van der Waals surface area contributed by atoms with Gasteiger partial charge in [0.25, 0.3) is 11.8 Å². The highest BCUT2D eigenvalue weighted by atomic mass is 32.1. The summed E-state index contributed by atoms with van der Waals surface area (Å²) in [6.07, 6.45) is 3.53. The lowest BCUT2D eigenvalue weighted by molar-refractivity contribution is -0.126. The third kappa shape index (κ3) is 4.62. The van der Waals surface area contributed by atoms with Crippen molar-refractivity contribution in [3.63, 3.8) is 0 Å². The fourth-order valence-electron chi connectivity index (χ4n) is 2.04. The van der Waals surface area contributed by atoms with Crippen molar-refractivity contribution in [1.29, 1.82) is 0 Å². The molecule has 126 valence electrons. The summed E-state index contributed by atoms with van der Waals surface area (Å²) in [5, 5.41) is 7.85. The van der Waals surface area contributed by atoms with Crippen LogP contribution in [-0.4, -0.2) is 29.5 Å². The van der Waals surface area contributed by atoms with Crippen LogP contribution >= 0.6 is 11.3 Å². The van der Waals surface area contributed by atoms with E-state index in [9.17, 15) is 9.59 Å².